The second kappa shape index (κ2) is 6.22. The molecule has 4 nitrogen and oxygen atoms in total. The average molecular weight is 327 g/mol. The zero-order chi connectivity index (χ0) is 8.15. The van der Waals surface area contributed by atoms with Crippen LogP contribution in [0.15, 0.2) is 0 Å². The van der Waals surface area contributed by atoms with Gasteiger partial charge >= 0.3 is 27.0 Å². The van der Waals surface area contributed by atoms with Gasteiger partial charge in [-0.05, 0) is 0 Å². The summed E-state index contributed by atoms with van der Waals surface area (Å²) in [6, 6.07) is 0. The Labute approximate surface area is 78.6 Å². The zero-order valence-electron chi connectivity index (χ0n) is 6.12. The number of carbonyl (C=O) groups is 2. The van der Waals surface area contributed by atoms with Crippen LogP contribution < -0.4 is 0 Å². The summed E-state index contributed by atoms with van der Waals surface area (Å²) in [6.45, 7) is 1.28. The van der Waals surface area contributed by atoms with Crippen molar-refractivity contribution >= 4 is 18.0 Å². The Hall–Kier alpha value is -0.502. The summed E-state index contributed by atoms with van der Waals surface area (Å²) in [5.41, 5.74) is 0. The van der Waals surface area contributed by atoms with Gasteiger partial charge in [-0.25, -0.2) is 4.79 Å². The molecule has 0 aromatic carbocycles. The molecule has 0 bridgehead atoms. The molecule has 1 unspecified atom stereocenters. The molecule has 0 aliphatic heterocycles. The zero-order valence-corrected chi connectivity index (χ0v) is 9.05. The quantitative estimate of drug-likeness (QED) is 0.303. The van der Waals surface area contributed by atoms with Crippen LogP contribution in [0.4, 0.5) is 0 Å². The van der Waals surface area contributed by atoms with Gasteiger partial charge in [0.15, 0.2) is 0 Å². The maximum atomic E-state index is 10.6. The molecule has 0 rings (SSSR count). The molecule has 0 aliphatic rings. The Bertz CT molecular complexity index is 166. The topological polar surface area (TPSA) is 60.4 Å². The maximum Gasteiger partial charge on any atom is 2.00 e. The van der Waals surface area contributed by atoms with Gasteiger partial charge in [0, 0.05) is 0 Å². The molecule has 0 spiro atoms. The van der Waals surface area contributed by atoms with Crippen molar-refractivity contribution in [1.82, 2.24) is 0 Å². The van der Waals surface area contributed by atoms with Gasteiger partial charge in [-0.2, -0.15) is 0 Å². The molecule has 1 atom stereocenters. The molecular formula is C6H7O4W+. The van der Waals surface area contributed by atoms with E-state index in [2.05, 4.69) is 4.74 Å². The third-order valence-electron chi connectivity index (χ3n) is 0.957. The Morgan fingerprint density at radius 3 is 2.18 bits per heavy atom. The largest absolute Gasteiger partial charge is 2.00 e. The van der Waals surface area contributed by atoms with Crippen molar-refractivity contribution < 1.29 is 40.2 Å². The number of carbonyl (C=O) groups excluding carboxylic acids is 3. The summed E-state index contributed by atoms with van der Waals surface area (Å²) in [6.07, 6.45) is 1.38. The Morgan fingerprint density at radius 1 is 1.45 bits per heavy atom. The Morgan fingerprint density at radius 2 is 1.91 bits per heavy atom. The number of hydrogen-bond acceptors (Lipinski definition) is 4. The fourth-order valence-corrected chi connectivity index (χ4v) is 0.331. The number of esters is 1. The van der Waals surface area contributed by atoms with Gasteiger partial charge < -0.3 is 9.53 Å². The van der Waals surface area contributed by atoms with Gasteiger partial charge in [0.05, 0.1) is 7.11 Å². The first-order chi connectivity index (χ1) is 4.63. The third kappa shape index (κ3) is 4.04. The number of rotatable bonds is 3. The molecule has 60 valence electrons. The Kier molecular flexibility index (Phi) is 7.42. The summed E-state index contributed by atoms with van der Waals surface area (Å²) < 4.78 is 4.07. The molecule has 0 heterocycles. The van der Waals surface area contributed by atoms with Gasteiger partial charge in [-0.3, -0.25) is 11.1 Å². The fraction of sp³-hybridized carbons (Fsp3) is 0.500. The van der Waals surface area contributed by atoms with E-state index in [1.165, 1.54) is 13.2 Å². The van der Waals surface area contributed by atoms with Crippen LogP contribution >= 0.6 is 0 Å². The predicted octanol–water partition coefficient (Wildman–Crippen LogP) is -0.528. The van der Waals surface area contributed by atoms with Crippen LogP contribution in [-0.2, 0) is 40.2 Å². The van der Waals surface area contributed by atoms with E-state index < -0.39 is 17.7 Å². The van der Waals surface area contributed by atoms with Crippen LogP contribution in [0.3, 0.4) is 0 Å². The summed E-state index contributed by atoms with van der Waals surface area (Å²) in [5, 5.41) is 0. The molecule has 0 N–H and O–H groups in total. The number of hydrogen-bond donors (Lipinski definition) is 0. The molecule has 0 amide bonds. The number of Topliss-reactive ketones (excluding diaryl/α,β-unsaturated/α-hetero) is 1. The van der Waals surface area contributed by atoms with Crippen molar-refractivity contribution in [3.8, 4) is 0 Å². The predicted molar refractivity (Wildman–Crippen MR) is 31.9 cm³/mol. The van der Waals surface area contributed by atoms with Gasteiger partial charge in [-0.15, -0.1) is 0 Å². The van der Waals surface area contributed by atoms with Crippen LogP contribution in [0.1, 0.15) is 6.92 Å². The van der Waals surface area contributed by atoms with E-state index >= 15 is 0 Å². The number of ketones is 1. The van der Waals surface area contributed by atoms with E-state index in [1.54, 1.807) is 0 Å². The van der Waals surface area contributed by atoms with Crippen LogP contribution in [0.2, 0.25) is 0 Å². The van der Waals surface area contributed by atoms with Gasteiger partial charge in [-0.1, -0.05) is 12.8 Å². The van der Waals surface area contributed by atoms with E-state index in [9.17, 15) is 14.4 Å². The molecule has 0 saturated carbocycles. The van der Waals surface area contributed by atoms with Crippen molar-refractivity contribution in [1.29, 1.82) is 0 Å². The minimum atomic E-state index is -1.02. The van der Waals surface area contributed by atoms with Crippen molar-refractivity contribution in [2.75, 3.05) is 7.11 Å². The standard InChI is InChI=1S/C6H7O4.W/c1-4(3-7)5(8)6(9)10-2;/h4H,1-2H3;/q-1;+2. The third-order valence-corrected chi connectivity index (χ3v) is 0.957. The van der Waals surface area contributed by atoms with E-state index in [1.807, 2.05) is 0 Å². The van der Waals surface area contributed by atoms with Crippen molar-refractivity contribution in [2.45, 2.75) is 6.92 Å². The molecule has 0 fully saturated rings. The van der Waals surface area contributed by atoms with Crippen molar-refractivity contribution in [3.63, 3.8) is 0 Å². The second-order valence-electron chi connectivity index (χ2n) is 1.70. The van der Waals surface area contributed by atoms with Crippen LogP contribution in [0.25, 0.3) is 0 Å². The second-order valence-corrected chi connectivity index (χ2v) is 1.70. The van der Waals surface area contributed by atoms with Crippen molar-refractivity contribution in [2.24, 2.45) is 5.92 Å². The summed E-state index contributed by atoms with van der Waals surface area (Å²) in [4.78, 5) is 30.7. The summed E-state index contributed by atoms with van der Waals surface area (Å²) in [7, 11) is 1.08. The van der Waals surface area contributed by atoms with Crippen LogP contribution in [-0.4, -0.2) is 25.1 Å². The first-order valence-electron chi connectivity index (χ1n) is 2.63. The minimum absolute atomic E-state index is 0. The first kappa shape index (κ1) is 13.1. The Balaban J connectivity index is 0. The molecular weight excluding hydrogens is 320 g/mol. The average Bonchev–Trinajstić information content (AvgIpc) is 2.00. The molecule has 0 aliphatic carbocycles. The SMILES string of the molecule is COC(=O)C(=O)C(C)[C-]=O.[W+2]. The summed E-state index contributed by atoms with van der Waals surface area (Å²) in [5.74, 6) is -2.89. The van der Waals surface area contributed by atoms with E-state index in [-0.39, 0.29) is 21.1 Å². The molecule has 0 radical (unpaired) electrons. The maximum absolute atomic E-state index is 10.6. The number of methoxy groups -OCH3 is 1. The first-order valence-corrected chi connectivity index (χ1v) is 2.63. The normalized spacial score (nSPS) is 10.7. The minimum Gasteiger partial charge on any atom is -0.541 e. The molecule has 11 heavy (non-hydrogen) atoms. The smallest absolute Gasteiger partial charge is 0.541 e. The monoisotopic (exact) mass is 327 g/mol. The molecule has 0 saturated heterocycles. The van der Waals surface area contributed by atoms with E-state index in [0.29, 0.717) is 0 Å². The van der Waals surface area contributed by atoms with Crippen LogP contribution in [0.5, 0.6) is 0 Å². The van der Waals surface area contributed by atoms with Crippen LogP contribution in [0, 0.1) is 5.92 Å². The van der Waals surface area contributed by atoms with Gasteiger partial charge in [0.1, 0.15) is 0 Å². The van der Waals surface area contributed by atoms with Crippen molar-refractivity contribution in [3.05, 3.63) is 0 Å². The molecule has 0 aromatic heterocycles. The fourth-order valence-electron chi connectivity index (χ4n) is 0.331. The van der Waals surface area contributed by atoms with E-state index in [0.717, 1.165) is 7.11 Å². The van der Waals surface area contributed by atoms with Gasteiger partial charge in [0.25, 0.3) is 0 Å². The molecule has 0 aromatic rings. The summed E-state index contributed by atoms with van der Waals surface area (Å²) >= 11 is 0. The number of ether oxygens (including phenoxy) is 1. The van der Waals surface area contributed by atoms with E-state index in [4.69, 9.17) is 0 Å². The van der Waals surface area contributed by atoms with Gasteiger partial charge in [0.2, 0.25) is 5.78 Å². The molecule has 5 heteroatoms.